The highest BCUT2D eigenvalue weighted by atomic mass is 35.5. The number of nitrogens with zero attached hydrogens (tertiary/aromatic N) is 4. The number of hydrogen-bond donors (Lipinski definition) is 1. The number of benzene rings is 1. The average Bonchev–Trinajstić information content (AvgIpc) is 2.89. The minimum atomic E-state index is 0.476. The third-order valence-electron chi connectivity index (χ3n) is 2.91. The maximum absolute atomic E-state index is 6.22. The van der Waals surface area contributed by atoms with Gasteiger partial charge < -0.3 is 10.5 Å². The molecule has 0 radical (unpaired) electrons. The van der Waals surface area contributed by atoms with E-state index in [1.54, 1.807) is 10.7 Å². The molecule has 2 N–H and O–H groups in total. The van der Waals surface area contributed by atoms with Gasteiger partial charge in [-0.3, -0.25) is 0 Å². The normalized spacial score (nSPS) is 11.2. The van der Waals surface area contributed by atoms with Gasteiger partial charge in [-0.1, -0.05) is 31.5 Å². The first-order valence-electron chi connectivity index (χ1n) is 6.98. The lowest BCUT2D eigenvalue weighted by molar-refractivity contribution is 0.105. The molecule has 0 saturated heterocycles. The standard InChI is InChI=1S/C14H20ClN5O/c1-10(2)9-21-8-4-7-20-14(17-18-19-20)11-5-3-6-12(16)13(11)15/h3,5-6,10H,4,7-9,16H2,1-2H3. The number of ether oxygens (including phenoxy) is 1. The molecule has 0 fully saturated rings. The molecule has 0 aliphatic heterocycles. The van der Waals surface area contributed by atoms with Crippen LogP contribution in [0.4, 0.5) is 5.69 Å². The summed E-state index contributed by atoms with van der Waals surface area (Å²) in [5, 5.41) is 12.2. The topological polar surface area (TPSA) is 78.8 Å². The minimum Gasteiger partial charge on any atom is -0.398 e. The molecule has 0 unspecified atom stereocenters. The summed E-state index contributed by atoms with van der Waals surface area (Å²) in [6.45, 7) is 6.37. The third-order valence-corrected chi connectivity index (χ3v) is 3.33. The molecule has 0 amide bonds. The molecule has 1 heterocycles. The van der Waals surface area contributed by atoms with Crippen LogP contribution in [0.1, 0.15) is 20.3 Å². The molecule has 0 bridgehead atoms. The lowest BCUT2D eigenvalue weighted by Crippen LogP contribution is -2.08. The first kappa shape index (κ1) is 15.7. The van der Waals surface area contributed by atoms with Crippen molar-refractivity contribution >= 4 is 17.3 Å². The second-order valence-corrected chi connectivity index (χ2v) is 5.63. The molecule has 7 heteroatoms. The van der Waals surface area contributed by atoms with E-state index in [1.165, 1.54) is 0 Å². The molecule has 0 spiro atoms. The number of tetrazole rings is 1. The van der Waals surface area contributed by atoms with Crippen LogP contribution in [0.15, 0.2) is 18.2 Å². The first-order chi connectivity index (χ1) is 10.1. The number of rotatable bonds is 7. The molecule has 21 heavy (non-hydrogen) atoms. The van der Waals surface area contributed by atoms with E-state index in [9.17, 15) is 0 Å². The molecule has 0 aliphatic carbocycles. The molecule has 1 aromatic carbocycles. The van der Waals surface area contributed by atoms with E-state index in [0.29, 0.717) is 35.6 Å². The number of aryl methyl sites for hydroxylation is 1. The Morgan fingerprint density at radius 3 is 2.95 bits per heavy atom. The van der Waals surface area contributed by atoms with Gasteiger partial charge in [0.05, 0.1) is 10.7 Å². The summed E-state index contributed by atoms with van der Waals surface area (Å²) in [5.74, 6) is 1.16. The van der Waals surface area contributed by atoms with Gasteiger partial charge in [0, 0.05) is 25.3 Å². The van der Waals surface area contributed by atoms with Crippen LogP contribution in [-0.4, -0.2) is 33.4 Å². The van der Waals surface area contributed by atoms with E-state index in [2.05, 4.69) is 29.4 Å². The molecular weight excluding hydrogens is 290 g/mol. The largest absolute Gasteiger partial charge is 0.398 e. The van der Waals surface area contributed by atoms with Gasteiger partial charge in [0.1, 0.15) is 0 Å². The van der Waals surface area contributed by atoms with Crippen molar-refractivity contribution < 1.29 is 4.74 Å². The van der Waals surface area contributed by atoms with Gasteiger partial charge in [0.15, 0.2) is 5.82 Å². The Balaban J connectivity index is 2.00. The highest BCUT2D eigenvalue weighted by Crippen LogP contribution is 2.30. The maximum Gasteiger partial charge on any atom is 0.183 e. The van der Waals surface area contributed by atoms with Crippen molar-refractivity contribution in [2.75, 3.05) is 18.9 Å². The van der Waals surface area contributed by atoms with E-state index < -0.39 is 0 Å². The van der Waals surface area contributed by atoms with Crippen molar-refractivity contribution in [2.24, 2.45) is 5.92 Å². The fourth-order valence-corrected chi connectivity index (χ4v) is 2.12. The molecule has 2 aromatic rings. The smallest absolute Gasteiger partial charge is 0.183 e. The van der Waals surface area contributed by atoms with Crippen LogP contribution in [0, 0.1) is 5.92 Å². The summed E-state index contributed by atoms with van der Waals surface area (Å²) in [7, 11) is 0. The van der Waals surface area contributed by atoms with E-state index >= 15 is 0 Å². The van der Waals surface area contributed by atoms with E-state index in [1.807, 2.05) is 12.1 Å². The van der Waals surface area contributed by atoms with Crippen molar-refractivity contribution in [3.63, 3.8) is 0 Å². The van der Waals surface area contributed by atoms with E-state index in [4.69, 9.17) is 22.1 Å². The quantitative estimate of drug-likeness (QED) is 0.628. The highest BCUT2D eigenvalue weighted by Gasteiger charge is 2.13. The Morgan fingerprint density at radius 2 is 2.19 bits per heavy atom. The summed E-state index contributed by atoms with van der Waals surface area (Å²) in [6, 6.07) is 5.44. The Labute approximate surface area is 129 Å². The minimum absolute atomic E-state index is 0.476. The SMILES string of the molecule is CC(C)COCCCn1nnnc1-c1cccc(N)c1Cl. The Kier molecular flexibility index (Phi) is 5.52. The fourth-order valence-electron chi connectivity index (χ4n) is 1.91. The van der Waals surface area contributed by atoms with Gasteiger partial charge in [-0.25, -0.2) is 4.68 Å². The summed E-state index contributed by atoms with van der Waals surface area (Å²) >= 11 is 6.22. The number of aromatic nitrogens is 4. The van der Waals surface area contributed by atoms with Gasteiger partial charge in [-0.05, 0) is 34.9 Å². The zero-order valence-electron chi connectivity index (χ0n) is 12.3. The fraction of sp³-hybridized carbons (Fsp3) is 0.500. The van der Waals surface area contributed by atoms with Gasteiger partial charge in [0.2, 0.25) is 0 Å². The van der Waals surface area contributed by atoms with Gasteiger partial charge in [0.25, 0.3) is 0 Å². The summed E-state index contributed by atoms with van der Waals surface area (Å²) in [6.07, 6.45) is 0.838. The van der Waals surface area contributed by atoms with Crippen molar-refractivity contribution in [3.8, 4) is 11.4 Å². The van der Waals surface area contributed by atoms with E-state index in [0.717, 1.165) is 18.6 Å². The van der Waals surface area contributed by atoms with E-state index in [-0.39, 0.29) is 0 Å². The Morgan fingerprint density at radius 1 is 1.38 bits per heavy atom. The lowest BCUT2D eigenvalue weighted by atomic mass is 10.2. The van der Waals surface area contributed by atoms with Crippen molar-refractivity contribution in [2.45, 2.75) is 26.8 Å². The second-order valence-electron chi connectivity index (χ2n) is 5.26. The third kappa shape index (κ3) is 4.15. The number of nitrogen functional groups attached to an aromatic ring is 1. The Hall–Kier alpha value is -1.66. The number of nitrogens with two attached hydrogens (primary N) is 1. The summed E-state index contributed by atoms with van der Waals surface area (Å²) in [4.78, 5) is 0. The Bertz CT molecular complexity index is 584. The van der Waals surface area contributed by atoms with Crippen molar-refractivity contribution in [1.29, 1.82) is 0 Å². The van der Waals surface area contributed by atoms with Crippen molar-refractivity contribution in [1.82, 2.24) is 20.2 Å². The zero-order valence-corrected chi connectivity index (χ0v) is 13.0. The molecule has 1 aromatic heterocycles. The van der Waals surface area contributed by atoms with Crippen LogP contribution in [0.25, 0.3) is 11.4 Å². The molecule has 114 valence electrons. The first-order valence-corrected chi connectivity index (χ1v) is 7.35. The van der Waals surface area contributed by atoms with Gasteiger partial charge in [-0.15, -0.1) is 5.10 Å². The predicted molar refractivity (Wildman–Crippen MR) is 82.9 cm³/mol. The van der Waals surface area contributed by atoms with Crippen LogP contribution in [-0.2, 0) is 11.3 Å². The highest BCUT2D eigenvalue weighted by molar-refractivity contribution is 6.35. The number of halogens is 1. The molecule has 2 rings (SSSR count). The molecule has 6 nitrogen and oxygen atoms in total. The van der Waals surface area contributed by atoms with Gasteiger partial charge >= 0.3 is 0 Å². The van der Waals surface area contributed by atoms with Crippen LogP contribution in [0.5, 0.6) is 0 Å². The number of anilines is 1. The van der Waals surface area contributed by atoms with Crippen LogP contribution < -0.4 is 5.73 Å². The van der Waals surface area contributed by atoms with Crippen LogP contribution in [0.2, 0.25) is 5.02 Å². The molecule has 0 aliphatic rings. The van der Waals surface area contributed by atoms with Crippen LogP contribution in [0.3, 0.4) is 0 Å². The second kappa shape index (κ2) is 7.38. The molecular formula is C14H20ClN5O. The summed E-state index contributed by atoms with van der Waals surface area (Å²) in [5.41, 5.74) is 7.07. The van der Waals surface area contributed by atoms with Crippen LogP contribution >= 0.6 is 11.6 Å². The zero-order chi connectivity index (χ0) is 15.2. The molecule has 0 atom stereocenters. The predicted octanol–water partition coefficient (Wildman–Crippen LogP) is 2.64. The average molecular weight is 310 g/mol. The monoisotopic (exact) mass is 309 g/mol. The van der Waals surface area contributed by atoms with Crippen molar-refractivity contribution in [3.05, 3.63) is 23.2 Å². The number of hydrogen-bond acceptors (Lipinski definition) is 5. The van der Waals surface area contributed by atoms with Gasteiger partial charge in [-0.2, -0.15) is 0 Å². The lowest BCUT2D eigenvalue weighted by Gasteiger charge is -2.09. The maximum atomic E-state index is 6.22. The summed E-state index contributed by atoms with van der Waals surface area (Å²) < 4.78 is 7.28. The molecule has 0 saturated carbocycles.